The number of H-pyrrole nitrogens is 1. The van der Waals surface area contributed by atoms with E-state index in [-0.39, 0.29) is 17.4 Å². The number of nitrogens with one attached hydrogen (secondary N) is 2. The first-order chi connectivity index (χ1) is 12.6. The number of methoxy groups -OCH3 is 1. The number of hydrogen-bond donors (Lipinski definition) is 4. The first-order valence-corrected chi connectivity index (χ1v) is 8.18. The minimum Gasteiger partial charge on any atom is -0.508 e. The monoisotopic (exact) mass is 352 g/mol. The van der Waals surface area contributed by atoms with Crippen molar-refractivity contribution >= 4 is 22.9 Å². The maximum Gasteiger partial charge on any atom is 0.244 e. The summed E-state index contributed by atoms with van der Waals surface area (Å²) in [5.74, 6) is 0.420. The molecule has 6 nitrogen and oxygen atoms in total. The number of hydrogen-bond acceptors (Lipinski definition) is 4. The van der Waals surface area contributed by atoms with Crippen molar-refractivity contribution in [1.29, 1.82) is 0 Å². The zero-order valence-corrected chi connectivity index (χ0v) is 14.3. The van der Waals surface area contributed by atoms with Gasteiger partial charge >= 0.3 is 0 Å². The molecule has 2 aromatic carbocycles. The summed E-state index contributed by atoms with van der Waals surface area (Å²) in [6.07, 6.45) is 5.62. The summed E-state index contributed by atoms with van der Waals surface area (Å²) < 4.78 is 5.04. The van der Waals surface area contributed by atoms with Gasteiger partial charge in [0.2, 0.25) is 5.91 Å². The van der Waals surface area contributed by atoms with Gasteiger partial charge in [0.05, 0.1) is 7.11 Å². The van der Waals surface area contributed by atoms with Crippen LogP contribution in [0.4, 0.5) is 0 Å². The van der Waals surface area contributed by atoms with E-state index < -0.39 is 0 Å². The van der Waals surface area contributed by atoms with Gasteiger partial charge in [-0.1, -0.05) is 6.07 Å². The number of aromatic amines is 1. The Kier molecular flexibility index (Phi) is 5.12. The fourth-order valence-electron chi connectivity index (χ4n) is 2.72. The Morgan fingerprint density at radius 1 is 1.23 bits per heavy atom. The van der Waals surface area contributed by atoms with Crippen molar-refractivity contribution in [2.24, 2.45) is 0 Å². The predicted molar refractivity (Wildman–Crippen MR) is 100 cm³/mol. The molecule has 0 saturated heterocycles. The lowest BCUT2D eigenvalue weighted by atomic mass is 10.1. The van der Waals surface area contributed by atoms with Crippen LogP contribution in [0, 0.1) is 0 Å². The largest absolute Gasteiger partial charge is 0.508 e. The highest BCUT2D eigenvalue weighted by atomic mass is 16.5. The molecule has 4 N–H and O–H groups in total. The molecule has 1 aromatic heterocycles. The normalized spacial score (nSPS) is 11.1. The Morgan fingerprint density at radius 3 is 2.88 bits per heavy atom. The molecule has 0 bridgehead atoms. The fourth-order valence-corrected chi connectivity index (χ4v) is 2.72. The van der Waals surface area contributed by atoms with Crippen LogP contribution < -0.4 is 10.1 Å². The molecule has 0 radical (unpaired) electrons. The lowest BCUT2D eigenvalue weighted by molar-refractivity contribution is -0.116. The van der Waals surface area contributed by atoms with Crippen molar-refractivity contribution in [3.05, 3.63) is 59.8 Å². The summed E-state index contributed by atoms with van der Waals surface area (Å²) in [6.45, 7) is 0.477. The van der Waals surface area contributed by atoms with Gasteiger partial charge in [0.1, 0.15) is 5.75 Å². The van der Waals surface area contributed by atoms with Crippen LogP contribution in [0.15, 0.2) is 48.7 Å². The summed E-state index contributed by atoms with van der Waals surface area (Å²) in [5, 5.41) is 22.9. The number of rotatable bonds is 6. The number of carbonyl (C=O) groups excluding carboxylic acids is 1. The highest BCUT2D eigenvalue weighted by Gasteiger charge is 2.05. The van der Waals surface area contributed by atoms with Crippen LogP contribution in [0.2, 0.25) is 0 Å². The van der Waals surface area contributed by atoms with Gasteiger partial charge in [0, 0.05) is 29.7 Å². The van der Waals surface area contributed by atoms with Gasteiger partial charge < -0.3 is 25.3 Å². The minimum absolute atomic E-state index is 0.0545. The van der Waals surface area contributed by atoms with E-state index in [1.165, 1.54) is 19.3 Å². The Hall–Kier alpha value is -3.41. The van der Waals surface area contributed by atoms with Gasteiger partial charge in [-0.3, -0.25) is 4.79 Å². The maximum absolute atomic E-state index is 12.0. The number of fused-ring (bicyclic) bond motifs is 1. The first kappa shape index (κ1) is 17.4. The SMILES string of the molecule is COc1cc(/C=C\C(=O)NCCc2c[nH]c3ccc(O)cc23)ccc1O. The maximum atomic E-state index is 12.0. The lowest BCUT2D eigenvalue weighted by Gasteiger charge is -2.04. The minimum atomic E-state index is -0.209. The number of ether oxygens (including phenoxy) is 1. The molecule has 1 amide bonds. The van der Waals surface area contributed by atoms with E-state index in [2.05, 4.69) is 10.3 Å². The molecule has 0 aliphatic carbocycles. The molecule has 134 valence electrons. The topological polar surface area (TPSA) is 94.6 Å². The number of amides is 1. The number of aromatic nitrogens is 1. The highest BCUT2D eigenvalue weighted by molar-refractivity contribution is 5.92. The van der Waals surface area contributed by atoms with E-state index in [4.69, 9.17) is 4.74 Å². The van der Waals surface area contributed by atoms with E-state index in [0.717, 1.165) is 22.0 Å². The summed E-state index contributed by atoms with van der Waals surface area (Å²) in [7, 11) is 1.47. The van der Waals surface area contributed by atoms with Crippen molar-refractivity contribution in [2.75, 3.05) is 13.7 Å². The fraction of sp³-hybridized carbons (Fsp3) is 0.150. The molecular weight excluding hydrogens is 332 g/mol. The van der Waals surface area contributed by atoms with Gasteiger partial charge in [-0.15, -0.1) is 0 Å². The smallest absolute Gasteiger partial charge is 0.244 e. The molecule has 0 saturated carbocycles. The van der Waals surface area contributed by atoms with Crippen LogP contribution in [0.25, 0.3) is 17.0 Å². The van der Waals surface area contributed by atoms with Crippen LogP contribution in [0.1, 0.15) is 11.1 Å². The van der Waals surface area contributed by atoms with Crippen molar-refractivity contribution in [3.63, 3.8) is 0 Å². The van der Waals surface area contributed by atoms with E-state index in [9.17, 15) is 15.0 Å². The van der Waals surface area contributed by atoms with E-state index in [0.29, 0.717) is 18.7 Å². The second-order valence-corrected chi connectivity index (χ2v) is 5.85. The van der Waals surface area contributed by atoms with Crippen molar-refractivity contribution in [3.8, 4) is 17.2 Å². The molecule has 0 aliphatic heterocycles. The molecule has 0 spiro atoms. The van der Waals surface area contributed by atoms with Crippen LogP contribution >= 0.6 is 0 Å². The van der Waals surface area contributed by atoms with Gasteiger partial charge in [0.25, 0.3) is 0 Å². The first-order valence-electron chi connectivity index (χ1n) is 8.18. The Labute approximate surface area is 150 Å². The summed E-state index contributed by atoms with van der Waals surface area (Å²) in [6, 6.07) is 10.0. The van der Waals surface area contributed by atoms with Gasteiger partial charge in [-0.25, -0.2) is 0 Å². The van der Waals surface area contributed by atoms with Gasteiger partial charge in [-0.05, 0) is 54.0 Å². The summed E-state index contributed by atoms with van der Waals surface area (Å²) >= 11 is 0. The number of aromatic hydroxyl groups is 2. The summed E-state index contributed by atoms with van der Waals surface area (Å²) in [5.41, 5.74) is 2.73. The van der Waals surface area contributed by atoms with E-state index >= 15 is 0 Å². The van der Waals surface area contributed by atoms with Crippen LogP contribution in [-0.4, -0.2) is 34.8 Å². The second-order valence-electron chi connectivity index (χ2n) is 5.85. The number of carbonyl (C=O) groups is 1. The third-order valence-corrected chi connectivity index (χ3v) is 4.08. The van der Waals surface area contributed by atoms with Crippen molar-refractivity contribution in [2.45, 2.75) is 6.42 Å². The van der Waals surface area contributed by atoms with Gasteiger partial charge in [-0.2, -0.15) is 0 Å². The van der Waals surface area contributed by atoms with Crippen molar-refractivity contribution in [1.82, 2.24) is 10.3 Å². The van der Waals surface area contributed by atoms with Crippen LogP contribution in [-0.2, 0) is 11.2 Å². The molecule has 6 heteroatoms. The molecule has 26 heavy (non-hydrogen) atoms. The average Bonchev–Trinajstić information content (AvgIpc) is 3.03. The van der Waals surface area contributed by atoms with E-state index in [1.54, 1.807) is 30.3 Å². The molecule has 3 aromatic rings. The quantitative estimate of drug-likeness (QED) is 0.513. The molecule has 0 unspecified atom stereocenters. The molecule has 1 heterocycles. The van der Waals surface area contributed by atoms with Crippen LogP contribution in [0.3, 0.4) is 0 Å². The molecule has 0 atom stereocenters. The second kappa shape index (κ2) is 7.65. The Bertz CT molecular complexity index is 960. The molecule has 3 rings (SSSR count). The molecule has 0 fully saturated rings. The zero-order chi connectivity index (χ0) is 18.5. The van der Waals surface area contributed by atoms with E-state index in [1.807, 2.05) is 12.3 Å². The van der Waals surface area contributed by atoms with Crippen molar-refractivity contribution < 1.29 is 19.7 Å². The van der Waals surface area contributed by atoms with Gasteiger partial charge in [0.15, 0.2) is 11.5 Å². The highest BCUT2D eigenvalue weighted by Crippen LogP contribution is 2.26. The Balaban J connectivity index is 1.56. The molecule has 0 aliphatic rings. The third-order valence-electron chi connectivity index (χ3n) is 4.08. The average molecular weight is 352 g/mol. The number of phenolic OH excluding ortho intramolecular Hbond substituents is 2. The van der Waals surface area contributed by atoms with Crippen LogP contribution in [0.5, 0.6) is 17.2 Å². The molecular formula is C20H20N2O4. The standard InChI is InChI=1S/C20H20N2O4/c1-26-19-10-13(2-6-18(19)24)3-7-20(25)21-9-8-14-12-22-17-5-4-15(23)11-16(14)17/h2-7,10-12,22-24H,8-9H2,1H3,(H,21,25)/b7-3-. The number of benzene rings is 2. The summed E-state index contributed by atoms with van der Waals surface area (Å²) in [4.78, 5) is 15.1. The third kappa shape index (κ3) is 3.97. The predicted octanol–water partition coefficient (Wildman–Crippen LogP) is 2.96. The number of phenols is 2. The Morgan fingerprint density at radius 2 is 2.08 bits per heavy atom. The zero-order valence-electron chi connectivity index (χ0n) is 14.3. The lowest BCUT2D eigenvalue weighted by Crippen LogP contribution is -2.23.